The van der Waals surface area contributed by atoms with E-state index < -0.39 is 0 Å². The Labute approximate surface area is 372 Å². The summed E-state index contributed by atoms with van der Waals surface area (Å²) >= 11 is 0. The van der Waals surface area contributed by atoms with Gasteiger partial charge in [-0.2, -0.15) is 0 Å². The van der Waals surface area contributed by atoms with Crippen molar-refractivity contribution in [2.24, 2.45) is 0 Å². The lowest BCUT2D eigenvalue weighted by Crippen LogP contribution is -2.16. The van der Waals surface area contributed by atoms with Gasteiger partial charge in [0.15, 0.2) is 0 Å². The molecule has 2 heteroatoms. The fourth-order valence-corrected chi connectivity index (χ4v) is 10.2. The second kappa shape index (κ2) is 14.9. The Balaban J connectivity index is 0.891. The van der Waals surface area contributed by atoms with Crippen molar-refractivity contribution in [2.45, 2.75) is 45.4 Å². The van der Waals surface area contributed by atoms with Gasteiger partial charge in [-0.1, -0.05) is 173 Å². The third-order valence-corrected chi connectivity index (χ3v) is 13.7. The van der Waals surface area contributed by atoms with E-state index in [-0.39, 0.29) is 10.8 Å². The molecule has 0 heterocycles. The molecule has 0 radical (unpaired) electrons. The number of benzene rings is 9. The van der Waals surface area contributed by atoms with Crippen LogP contribution in [0.25, 0.3) is 45.2 Å². The third-order valence-electron chi connectivity index (χ3n) is 13.7. The van der Waals surface area contributed by atoms with Gasteiger partial charge in [0.2, 0.25) is 0 Å². The summed E-state index contributed by atoms with van der Waals surface area (Å²) < 4.78 is 0. The minimum atomic E-state index is -0.175. The quantitative estimate of drug-likeness (QED) is 0.141. The molecule has 2 aliphatic carbocycles. The van der Waals surface area contributed by atoms with Crippen LogP contribution >= 0.6 is 0 Å². The van der Waals surface area contributed by atoms with E-state index >= 15 is 0 Å². The maximum atomic E-state index is 2.42. The maximum absolute atomic E-state index is 2.42. The summed E-state index contributed by atoms with van der Waals surface area (Å²) in [7, 11) is 0. The minimum Gasteiger partial charge on any atom is -0.310 e. The number of aryl methyl sites for hydroxylation is 1. The zero-order valence-corrected chi connectivity index (χ0v) is 36.6. The lowest BCUT2D eigenvalue weighted by molar-refractivity contribution is 0.660. The molecule has 0 spiro atoms. The first kappa shape index (κ1) is 38.5. The lowest BCUT2D eigenvalue weighted by Gasteiger charge is -2.28. The first-order valence-corrected chi connectivity index (χ1v) is 22.2. The summed E-state index contributed by atoms with van der Waals surface area (Å²) in [6.07, 6.45) is 4.57. The van der Waals surface area contributed by atoms with Crippen LogP contribution in [0.3, 0.4) is 0 Å². The van der Waals surface area contributed by atoms with E-state index in [0.717, 1.165) is 28.4 Å². The van der Waals surface area contributed by atoms with Crippen molar-refractivity contribution >= 4 is 57.0 Å². The molecule has 2 aliphatic rings. The van der Waals surface area contributed by atoms with Crippen molar-refractivity contribution in [1.82, 2.24) is 0 Å². The molecule has 9 aromatic rings. The topological polar surface area (TPSA) is 6.48 Å². The van der Waals surface area contributed by atoms with E-state index in [2.05, 4.69) is 257 Å². The number of hydrogen-bond acceptors (Lipinski definition) is 2. The number of rotatable bonds is 8. The van der Waals surface area contributed by atoms with Crippen molar-refractivity contribution in [3.8, 4) is 22.3 Å². The highest BCUT2D eigenvalue weighted by Gasteiger charge is 2.37. The highest BCUT2D eigenvalue weighted by atomic mass is 15.1. The van der Waals surface area contributed by atoms with Crippen LogP contribution in [0.15, 0.2) is 200 Å². The number of hydrogen-bond donors (Lipinski definition) is 0. The van der Waals surface area contributed by atoms with Gasteiger partial charge in [-0.25, -0.2) is 0 Å². The molecule has 0 fully saturated rings. The van der Waals surface area contributed by atoms with E-state index in [1.54, 1.807) is 0 Å². The molecule has 0 saturated heterocycles. The van der Waals surface area contributed by atoms with Gasteiger partial charge >= 0.3 is 0 Å². The van der Waals surface area contributed by atoms with Gasteiger partial charge in [0, 0.05) is 45.0 Å². The highest BCUT2D eigenvalue weighted by Crippen LogP contribution is 2.53. The van der Waals surface area contributed by atoms with Gasteiger partial charge < -0.3 is 9.80 Å². The van der Waals surface area contributed by atoms with Gasteiger partial charge in [0.05, 0.1) is 0 Å². The summed E-state index contributed by atoms with van der Waals surface area (Å²) in [5, 5.41) is 2.48. The van der Waals surface area contributed by atoms with Crippen LogP contribution in [0.2, 0.25) is 0 Å². The van der Waals surface area contributed by atoms with Gasteiger partial charge in [0.1, 0.15) is 0 Å². The average Bonchev–Trinajstić information content (AvgIpc) is 3.68. The van der Waals surface area contributed by atoms with Gasteiger partial charge in [0.25, 0.3) is 0 Å². The van der Waals surface area contributed by atoms with E-state index in [9.17, 15) is 0 Å². The molecule has 304 valence electrons. The predicted molar refractivity (Wildman–Crippen MR) is 269 cm³/mol. The standard InChI is InChI=1S/C61H50N2/c1-41-20-27-48(28-21-41)63(49-29-26-44-14-12-13-15-45(44)38-49)51-31-35-55-53-33-25-43(37-57(53)61(4,5)59(55)40-51)23-22-42-24-32-52-54-34-30-50(39-58(54)60(2,3)56(52)36-42)62(46-16-8-6-9-17-46)47-18-10-7-11-19-47/h6-40H,1-5H3/b23-22+. The number of nitrogens with zero attached hydrogens (tertiary/aromatic N) is 2. The minimum absolute atomic E-state index is 0.158. The van der Waals surface area contributed by atoms with Crippen molar-refractivity contribution < 1.29 is 0 Å². The summed E-state index contributed by atoms with van der Waals surface area (Å²) in [5.41, 5.74) is 21.0. The zero-order valence-electron chi connectivity index (χ0n) is 36.6. The summed E-state index contributed by atoms with van der Waals surface area (Å²) in [6, 6.07) is 73.7. The summed E-state index contributed by atoms with van der Waals surface area (Å²) in [5.74, 6) is 0. The van der Waals surface area contributed by atoms with Crippen LogP contribution in [0.4, 0.5) is 34.1 Å². The zero-order chi connectivity index (χ0) is 42.9. The molecule has 0 amide bonds. The average molecular weight is 811 g/mol. The Morgan fingerprint density at radius 1 is 0.317 bits per heavy atom. The molecular formula is C61H50N2. The Bertz CT molecular complexity index is 3190. The molecule has 0 bridgehead atoms. The van der Waals surface area contributed by atoms with Gasteiger partial charge in [-0.15, -0.1) is 0 Å². The molecule has 63 heavy (non-hydrogen) atoms. The van der Waals surface area contributed by atoms with E-state index in [4.69, 9.17) is 0 Å². The van der Waals surface area contributed by atoms with Crippen molar-refractivity contribution in [1.29, 1.82) is 0 Å². The van der Waals surface area contributed by atoms with Gasteiger partial charge in [-0.05, 0) is 146 Å². The van der Waals surface area contributed by atoms with E-state index in [1.165, 1.54) is 77.7 Å². The fourth-order valence-electron chi connectivity index (χ4n) is 10.2. The summed E-state index contributed by atoms with van der Waals surface area (Å²) in [6.45, 7) is 11.7. The van der Waals surface area contributed by atoms with Crippen LogP contribution in [0, 0.1) is 6.92 Å². The van der Waals surface area contributed by atoms with Crippen LogP contribution in [-0.4, -0.2) is 0 Å². The Morgan fingerprint density at radius 3 is 1.19 bits per heavy atom. The predicted octanol–water partition coefficient (Wildman–Crippen LogP) is 16.9. The molecule has 0 unspecified atom stereocenters. The highest BCUT2D eigenvalue weighted by molar-refractivity contribution is 5.92. The normalized spacial score (nSPS) is 14.0. The molecule has 2 nitrogen and oxygen atoms in total. The molecule has 11 rings (SSSR count). The van der Waals surface area contributed by atoms with Crippen LogP contribution in [0.1, 0.15) is 66.6 Å². The maximum Gasteiger partial charge on any atom is 0.0468 e. The lowest BCUT2D eigenvalue weighted by atomic mass is 9.81. The van der Waals surface area contributed by atoms with Crippen molar-refractivity contribution in [3.05, 3.63) is 239 Å². The first-order valence-electron chi connectivity index (χ1n) is 22.2. The number of fused-ring (bicyclic) bond motifs is 7. The molecule has 0 aliphatic heterocycles. The van der Waals surface area contributed by atoms with E-state index in [0.29, 0.717) is 0 Å². The van der Waals surface area contributed by atoms with Gasteiger partial charge in [-0.3, -0.25) is 0 Å². The second-order valence-electron chi connectivity index (χ2n) is 18.4. The molecule has 0 aromatic heterocycles. The Kier molecular flexibility index (Phi) is 9.10. The Morgan fingerprint density at radius 2 is 0.683 bits per heavy atom. The van der Waals surface area contributed by atoms with Crippen molar-refractivity contribution in [3.63, 3.8) is 0 Å². The van der Waals surface area contributed by atoms with Crippen molar-refractivity contribution in [2.75, 3.05) is 9.80 Å². The van der Waals surface area contributed by atoms with E-state index in [1.807, 2.05) is 0 Å². The largest absolute Gasteiger partial charge is 0.310 e. The number of para-hydroxylation sites is 2. The monoisotopic (exact) mass is 810 g/mol. The Hall–Kier alpha value is -7.42. The summed E-state index contributed by atoms with van der Waals surface area (Å²) in [4.78, 5) is 4.76. The van der Waals surface area contributed by atoms with Crippen LogP contribution in [0.5, 0.6) is 0 Å². The fraction of sp³-hybridized carbons (Fsp3) is 0.115. The van der Waals surface area contributed by atoms with Crippen LogP contribution in [-0.2, 0) is 10.8 Å². The van der Waals surface area contributed by atoms with Crippen LogP contribution < -0.4 is 9.80 Å². The molecule has 0 N–H and O–H groups in total. The molecule has 9 aromatic carbocycles. The molecule has 0 saturated carbocycles. The SMILES string of the molecule is Cc1ccc(N(c2ccc3c(c2)C(C)(C)c2cc(/C=C/c4ccc5c(c4)C(C)(C)c4cc(N(c6ccccc6)c6ccccc6)ccc4-5)ccc2-3)c2ccc3ccccc3c2)cc1. The molecule has 0 atom stereocenters. The third kappa shape index (κ3) is 6.57. The first-order chi connectivity index (χ1) is 30.6. The second-order valence-corrected chi connectivity index (χ2v) is 18.4. The molecular weight excluding hydrogens is 761 g/mol. The smallest absolute Gasteiger partial charge is 0.0468 e. The number of anilines is 6.